The number of allylic oxidation sites excluding steroid dienone is 1. The van der Waals surface area contributed by atoms with Gasteiger partial charge in [-0.3, -0.25) is 9.59 Å². The number of halogens is 1. The van der Waals surface area contributed by atoms with E-state index in [9.17, 15) is 14.0 Å². The summed E-state index contributed by atoms with van der Waals surface area (Å²) in [5, 5.41) is 0. The molecule has 4 nitrogen and oxygen atoms in total. The Morgan fingerprint density at radius 2 is 1.92 bits per heavy atom. The van der Waals surface area contributed by atoms with E-state index in [-0.39, 0.29) is 29.2 Å². The molecule has 0 atom stereocenters. The van der Waals surface area contributed by atoms with Crippen LogP contribution in [0.4, 0.5) is 4.39 Å². The monoisotopic (exact) mass is 324 g/mol. The fraction of sp³-hybridized carbons (Fsp3) is 0.158. The highest BCUT2D eigenvalue weighted by Crippen LogP contribution is 2.36. The van der Waals surface area contributed by atoms with Crippen LogP contribution in [-0.2, 0) is 4.79 Å². The van der Waals surface area contributed by atoms with E-state index in [4.69, 9.17) is 9.47 Å². The van der Waals surface area contributed by atoms with E-state index >= 15 is 0 Å². The number of ketones is 1. The lowest BCUT2D eigenvalue weighted by atomic mass is 10.1. The van der Waals surface area contributed by atoms with Gasteiger partial charge in [0.1, 0.15) is 17.3 Å². The van der Waals surface area contributed by atoms with Crippen molar-refractivity contribution in [3.8, 4) is 11.5 Å². The predicted octanol–water partition coefficient (Wildman–Crippen LogP) is 3.76. The fourth-order valence-electron chi connectivity index (χ4n) is 2.46. The number of hydrogen-bond donors (Lipinski definition) is 0. The van der Waals surface area contributed by atoms with Gasteiger partial charge >= 0.3 is 5.97 Å². The largest absolute Gasteiger partial charge is 0.452 e. The lowest BCUT2D eigenvalue weighted by Gasteiger charge is -2.04. The zero-order chi connectivity index (χ0) is 16.7. The van der Waals surface area contributed by atoms with E-state index < -0.39 is 0 Å². The molecule has 2 aromatic carbocycles. The van der Waals surface area contributed by atoms with Crippen LogP contribution in [0.3, 0.4) is 0 Å². The minimum Gasteiger partial charge on any atom is -0.452 e. The maximum Gasteiger partial charge on any atom is 0.314 e. The Kier molecular flexibility index (Phi) is 3.41. The first-order valence-electron chi connectivity index (χ1n) is 7.66. The van der Waals surface area contributed by atoms with Gasteiger partial charge in [0.05, 0.1) is 11.5 Å². The second kappa shape index (κ2) is 5.60. The average Bonchev–Trinajstić information content (AvgIpc) is 3.37. The number of Topliss-reactive ketones (excluding diaryl/α,β-unsaturated/α-hetero) is 1. The minimum atomic E-state index is -0.346. The van der Waals surface area contributed by atoms with Crippen molar-refractivity contribution < 1.29 is 23.5 Å². The van der Waals surface area contributed by atoms with Gasteiger partial charge in [0.2, 0.25) is 5.78 Å². The molecule has 2 aliphatic rings. The van der Waals surface area contributed by atoms with Crippen molar-refractivity contribution in [1.29, 1.82) is 0 Å². The quantitative estimate of drug-likeness (QED) is 0.490. The second-order valence-corrected chi connectivity index (χ2v) is 5.84. The Morgan fingerprint density at radius 1 is 1.17 bits per heavy atom. The molecule has 0 N–H and O–H groups in total. The topological polar surface area (TPSA) is 52.6 Å². The van der Waals surface area contributed by atoms with Crippen molar-refractivity contribution >= 4 is 17.8 Å². The van der Waals surface area contributed by atoms with E-state index in [0.717, 1.165) is 12.8 Å². The number of carbonyl (C=O) groups excluding carboxylic acids is 2. The molecule has 1 aliphatic carbocycles. The molecule has 1 fully saturated rings. The molecule has 0 spiro atoms. The first kappa shape index (κ1) is 14.6. The number of esters is 1. The van der Waals surface area contributed by atoms with Gasteiger partial charge in [-0.15, -0.1) is 0 Å². The van der Waals surface area contributed by atoms with E-state index in [1.807, 2.05) is 0 Å². The van der Waals surface area contributed by atoms with Gasteiger partial charge in [0.15, 0.2) is 5.76 Å². The van der Waals surface area contributed by atoms with Crippen molar-refractivity contribution in [1.82, 2.24) is 0 Å². The van der Waals surface area contributed by atoms with E-state index in [2.05, 4.69) is 0 Å². The molecule has 24 heavy (non-hydrogen) atoms. The van der Waals surface area contributed by atoms with Crippen LogP contribution in [0.2, 0.25) is 0 Å². The summed E-state index contributed by atoms with van der Waals surface area (Å²) in [7, 11) is 0. The summed E-state index contributed by atoms with van der Waals surface area (Å²) in [5.74, 6) is 0.0184. The highest BCUT2D eigenvalue weighted by Gasteiger charge is 2.32. The molecular weight excluding hydrogens is 311 g/mol. The predicted molar refractivity (Wildman–Crippen MR) is 84.1 cm³/mol. The number of ether oxygens (including phenoxy) is 2. The third kappa shape index (κ3) is 2.80. The van der Waals surface area contributed by atoms with E-state index in [1.54, 1.807) is 36.4 Å². The number of carbonyl (C=O) groups is 2. The highest BCUT2D eigenvalue weighted by atomic mass is 19.1. The molecule has 0 bridgehead atoms. The number of rotatable bonds is 3. The maximum absolute atomic E-state index is 12.9. The van der Waals surface area contributed by atoms with Gasteiger partial charge < -0.3 is 9.47 Å². The lowest BCUT2D eigenvalue weighted by molar-refractivity contribution is -0.135. The van der Waals surface area contributed by atoms with Crippen molar-refractivity contribution in [2.24, 2.45) is 5.92 Å². The molecule has 1 heterocycles. The second-order valence-electron chi connectivity index (χ2n) is 5.84. The molecule has 0 amide bonds. The molecule has 0 unspecified atom stereocenters. The normalized spacial score (nSPS) is 17.5. The van der Waals surface area contributed by atoms with Gasteiger partial charge in [0, 0.05) is 6.07 Å². The molecule has 1 saturated carbocycles. The Labute approximate surface area is 137 Å². The molecule has 0 radical (unpaired) electrons. The van der Waals surface area contributed by atoms with Gasteiger partial charge in [-0.2, -0.15) is 0 Å². The zero-order valence-corrected chi connectivity index (χ0v) is 12.6. The highest BCUT2D eigenvalue weighted by molar-refractivity contribution is 6.14. The van der Waals surface area contributed by atoms with Crippen LogP contribution in [0.15, 0.2) is 48.2 Å². The first-order chi connectivity index (χ1) is 11.6. The zero-order valence-electron chi connectivity index (χ0n) is 12.6. The number of benzene rings is 2. The van der Waals surface area contributed by atoms with Gasteiger partial charge in [-0.25, -0.2) is 4.39 Å². The molecule has 4 rings (SSSR count). The van der Waals surface area contributed by atoms with Crippen LogP contribution in [0.5, 0.6) is 11.5 Å². The third-order valence-electron chi connectivity index (χ3n) is 3.94. The fourth-order valence-corrected chi connectivity index (χ4v) is 2.46. The molecule has 1 aliphatic heterocycles. The van der Waals surface area contributed by atoms with Gasteiger partial charge in [-0.05, 0) is 48.7 Å². The molecule has 0 saturated heterocycles. The average molecular weight is 324 g/mol. The molecule has 120 valence electrons. The summed E-state index contributed by atoms with van der Waals surface area (Å²) >= 11 is 0. The SMILES string of the molecule is O=C1C(=Cc2ccc(F)cc2)Oc2cc(OC(=O)C3CC3)ccc21. The summed E-state index contributed by atoms with van der Waals surface area (Å²) in [4.78, 5) is 24.0. The molecule has 2 aromatic rings. The molecule has 5 heteroatoms. The smallest absolute Gasteiger partial charge is 0.314 e. The Balaban J connectivity index is 1.57. The number of fused-ring (bicyclic) bond motifs is 1. The van der Waals surface area contributed by atoms with Gasteiger partial charge in [-0.1, -0.05) is 12.1 Å². The van der Waals surface area contributed by atoms with Crippen LogP contribution in [0, 0.1) is 11.7 Å². The van der Waals surface area contributed by atoms with Crippen LogP contribution in [0.25, 0.3) is 6.08 Å². The van der Waals surface area contributed by atoms with E-state index in [1.165, 1.54) is 12.1 Å². The van der Waals surface area contributed by atoms with Crippen LogP contribution < -0.4 is 9.47 Å². The van der Waals surface area contributed by atoms with Crippen molar-refractivity contribution in [3.05, 3.63) is 65.2 Å². The number of hydrogen-bond acceptors (Lipinski definition) is 4. The first-order valence-corrected chi connectivity index (χ1v) is 7.66. The maximum atomic E-state index is 12.9. The van der Waals surface area contributed by atoms with Crippen molar-refractivity contribution in [2.45, 2.75) is 12.8 Å². The van der Waals surface area contributed by atoms with E-state index in [0.29, 0.717) is 22.6 Å². The van der Waals surface area contributed by atoms with Crippen LogP contribution in [0.1, 0.15) is 28.8 Å². The van der Waals surface area contributed by atoms with Crippen molar-refractivity contribution in [2.75, 3.05) is 0 Å². The molecular formula is C19H13FO4. The Hall–Kier alpha value is -2.95. The van der Waals surface area contributed by atoms with Crippen LogP contribution >= 0.6 is 0 Å². The third-order valence-corrected chi connectivity index (χ3v) is 3.94. The summed E-state index contributed by atoms with van der Waals surface area (Å²) < 4.78 is 23.8. The van der Waals surface area contributed by atoms with Crippen molar-refractivity contribution in [3.63, 3.8) is 0 Å². The molecule has 0 aromatic heterocycles. The lowest BCUT2D eigenvalue weighted by Crippen LogP contribution is -2.09. The minimum absolute atomic E-state index is 0.00487. The summed E-state index contributed by atoms with van der Waals surface area (Å²) in [6.45, 7) is 0. The summed E-state index contributed by atoms with van der Waals surface area (Å²) in [5.41, 5.74) is 1.07. The van der Waals surface area contributed by atoms with Gasteiger partial charge in [0.25, 0.3) is 0 Å². The Morgan fingerprint density at radius 3 is 2.62 bits per heavy atom. The standard InChI is InChI=1S/C19H13FO4/c20-13-5-1-11(2-6-13)9-17-18(21)15-8-7-14(10-16(15)24-17)23-19(22)12-3-4-12/h1-2,5-10,12H,3-4H2. The van der Waals surface area contributed by atoms with Crippen LogP contribution in [-0.4, -0.2) is 11.8 Å². The summed E-state index contributed by atoms with van der Waals surface area (Å²) in [6.07, 6.45) is 3.28. The Bertz CT molecular complexity index is 863. The summed E-state index contributed by atoms with van der Waals surface area (Å²) in [6, 6.07) is 10.5.